The first kappa shape index (κ1) is 11.4. The Morgan fingerprint density at radius 1 is 1.24 bits per heavy atom. The van der Waals surface area contributed by atoms with Crippen LogP contribution in [0.5, 0.6) is 0 Å². The van der Waals surface area contributed by atoms with E-state index in [2.05, 4.69) is 0 Å². The van der Waals surface area contributed by atoms with Gasteiger partial charge >= 0.3 is 0 Å². The minimum atomic E-state index is -0.404. The van der Waals surface area contributed by atoms with Crippen LogP contribution in [0.15, 0.2) is 36.1 Å². The van der Waals surface area contributed by atoms with Crippen LogP contribution in [0.3, 0.4) is 0 Å². The van der Waals surface area contributed by atoms with Crippen molar-refractivity contribution in [1.29, 1.82) is 0 Å². The smallest absolute Gasteiger partial charge is 0.295 e. The van der Waals surface area contributed by atoms with E-state index in [0.29, 0.717) is 23.3 Å². The molecular weight excluding hydrogens is 218 g/mol. The summed E-state index contributed by atoms with van der Waals surface area (Å²) in [6.45, 7) is 3.70. The molecule has 1 heterocycles. The third kappa shape index (κ3) is 1.82. The highest BCUT2D eigenvalue weighted by Gasteiger charge is 2.37. The molecule has 1 aliphatic heterocycles. The number of hydroxylamine groups is 2. The van der Waals surface area contributed by atoms with Gasteiger partial charge in [0.25, 0.3) is 11.8 Å². The molecule has 0 N–H and O–H groups in total. The number of amides is 2. The zero-order chi connectivity index (χ0) is 12.4. The van der Waals surface area contributed by atoms with E-state index in [4.69, 9.17) is 4.84 Å². The van der Waals surface area contributed by atoms with Crippen LogP contribution in [0.4, 0.5) is 0 Å². The predicted octanol–water partition coefficient (Wildman–Crippen LogP) is 2.53. The van der Waals surface area contributed by atoms with Crippen molar-refractivity contribution >= 4 is 11.8 Å². The van der Waals surface area contributed by atoms with Crippen molar-refractivity contribution in [2.24, 2.45) is 0 Å². The lowest BCUT2D eigenvalue weighted by atomic mass is 10.1. The Bertz CT molecular complexity index is 470. The van der Waals surface area contributed by atoms with Crippen LogP contribution in [0, 0.1) is 0 Å². The summed E-state index contributed by atoms with van der Waals surface area (Å²) >= 11 is 0. The highest BCUT2D eigenvalue weighted by Crippen LogP contribution is 2.24. The van der Waals surface area contributed by atoms with Gasteiger partial charge in [-0.15, -0.1) is 0 Å². The minimum absolute atomic E-state index is 0.393. The normalized spacial score (nSPS) is 15.2. The molecule has 2 amide bonds. The zero-order valence-corrected chi connectivity index (χ0v) is 9.77. The van der Waals surface area contributed by atoms with Gasteiger partial charge in [0.15, 0.2) is 0 Å². The van der Waals surface area contributed by atoms with Crippen molar-refractivity contribution < 1.29 is 14.4 Å². The van der Waals surface area contributed by atoms with Crippen LogP contribution < -0.4 is 0 Å². The van der Waals surface area contributed by atoms with E-state index in [9.17, 15) is 9.59 Å². The summed E-state index contributed by atoms with van der Waals surface area (Å²) in [5.41, 5.74) is 0.785. The van der Waals surface area contributed by atoms with Gasteiger partial charge in [-0.2, -0.15) is 0 Å². The number of hydrogen-bond donors (Lipinski definition) is 0. The van der Waals surface area contributed by atoms with Crippen LogP contribution in [-0.2, 0) is 4.84 Å². The molecule has 2 rings (SSSR count). The van der Waals surface area contributed by atoms with Crippen LogP contribution in [0.25, 0.3) is 0 Å². The summed E-state index contributed by atoms with van der Waals surface area (Å²) in [4.78, 5) is 29.2. The van der Waals surface area contributed by atoms with Crippen molar-refractivity contribution in [3.8, 4) is 0 Å². The molecule has 0 saturated heterocycles. The molecule has 1 aliphatic rings. The molecule has 0 unspecified atom stereocenters. The van der Waals surface area contributed by atoms with Gasteiger partial charge in [0, 0.05) is 6.42 Å². The molecular formula is C13H13NO3. The fourth-order valence-electron chi connectivity index (χ4n) is 1.69. The Morgan fingerprint density at radius 3 is 2.18 bits per heavy atom. The third-order valence-electron chi connectivity index (χ3n) is 2.64. The van der Waals surface area contributed by atoms with E-state index in [1.165, 1.54) is 0 Å². The second-order valence-electron chi connectivity index (χ2n) is 3.65. The van der Waals surface area contributed by atoms with Gasteiger partial charge in [-0.1, -0.05) is 24.1 Å². The fourth-order valence-corrected chi connectivity index (χ4v) is 1.69. The fraction of sp³-hybridized carbons (Fsp3) is 0.231. The molecule has 17 heavy (non-hydrogen) atoms. The van der Waals surface area contributed by atoms with Gasteiger partial charge in [0.05, 0.1) is 11.1 Å². The summed E-state index contributed by atoms with van der Waals surface area (Å²) < 4.78 is 0. The first-order valence-corrected chi connectivity index (χ1v) is 5.50. The van der Waals surface area contributed by atoms with Gasteiger partial charge in [-0.05, 0) is 25.1 Å². The molecule has 0 spiro atoms. The molecule has 4 heteroatoms. The Labute approximate surface area is 99.4 Å². The van der Waals surface area contributed by atoms with Gasteiger partial charge in [0.2, 0.25) is 0 Å². The maximum absolute atomic E-state index is 11.9. The third-order valence-corrected chi connectivity index (χ3v) is 2.64. The number of nitrogens with zero attached hydrogens (tertiary/aromatic N) is 1. The Hall–Kier alpha value is -2.10. The summed E-state index contributed by atoms with van der Waals surface area (Å²) in [5.74, 6) is -0.212. The Balaban J connectivity index is 2.30. The second-order valence-corrected chi connectivity index (χ2v) is 3.65. The van der Waals surface area contributed by atoms with E-state index in [-0.39, 0.29) is 0 Å². The number of allylic oxidation sites excluding steroid dienone is 2. The maximum atomic E-state index is 11.9. The first-order valence-electron chi connectivity index (χ1n) is 5.50. The summed E-state index contributed by atoms with van der Waals surface area (Å²) in [6, 6.07) is 6.70. The maximum Gasteiger partial charge on any atom is 0.295 e. The van der Waals surface area contributed by atoms with Gasteiger partial charge in [-0.25, -0.2) is 0 Å². The number of carbonyl (C=O) groups excluding carboxylic acids is 2. The monoisotopic (exact) mass is 231 g/mol. The average Bonchev–Trinajstić information content (AvgIpc) is 2.61. The van der Waals surface area contributed by atoms with E-state index < -0.39 is 11.8 Å². The number of benzene rings is 1. The quantitative estimate of drug-likeness (QED) is 0.593. The highest BCUT2D eigenvalue weighted by molar-refractivity contribution is 6.20. The Kier molecular flexibility index (Phi) is 2.95. The SMILES string of the molecule is CC=C(CC)ON1C(=O)c2ccccc2C1=O. The lowest BCUT2D eigenvalue weighted by molar-refractivity contribution is -0.0584. The van der Waals surface area contributed by atoms with Gasteiger partial charge in [-0.3, -0.25) is 9.59 Å². The van der Waals surface area contributed by atoms with Crippen molar-refractivity contribution in [3.05, 3.63) is 47.2 Å². The Morgan fingerprint density at radius 2 is 1.76 bits per heavy atom. The molecule has 1 aromatic rings. The average molecular weight is 231 g/mol. The second kappa shape index (κ2) is 4.41. The lowest BCUT2D eigenvalue weighted by Gasteiger charge is -2.15. The van der Waals surface area contributed by atoms with Crippen LogP contribution in [-0.4, -0.2) is 16.9 Å². The van der Waals surface area contributed by atoms with Gasteiger partial charge in [0.1, 0.15) is 5.76 Å². The number of hydrogen-bond acceptors (Lipinski definition) is 3. The molecule has 1 aromatic carbocycles. The molecule has 88 valence electrons. The van der Waals surface area contributed by atoms with Crippen molar-refractivity contribution in [2.45, 2.75) is 20.3 Å². The summed E-state index contributed by atoms with van der Waals surface area (Å²) in [5, 5.41) is 0.823. The van der Waals surface area contributed by atoms with Crippen molar-refractivity contribution in [3.63, 3.8) is 0 Å². The molecule has 0 bridgehead atoms. The number of carbonyl (C=O) groups is 2. The summed E-state index contributed by atoms with van der Waals surface area (Å²) in [7, 11) is 0. The molecule has 0 aliphatic carbocycles. The summed E-state index contributed by atoms with van der Waals surface area (Å²) in [6.07, 6.45) is 2.37. The topological polar surface area (TPSA) is 46.6 Å². The number of fused-ring (bicyclic) bond motifs is 1. The number of rotatable bonds is 3. The van der Waals surface area contributed by atoms with E-state index in [1.807, 2.05) is 6.92 Å². The molecule has 0 fully saturated rings. The van der Waals surface area contributed by atoms with Crippen molar-refractivity contribution in [2.75, 3.05) is 0 Å². The molecule has 0 aromatic heterocycles. The predicted molar refractivity (Wildman–Crippen MR) is 62.1 cm³/mol. The highest BCUT2D eigenvalue weighted by atomic mass is 16.7. The largest absolute Gasteiger partial charge is 0.373 e. The lowest BCUT2D eigenvalue weighted by Crippen LogP contribution is -2.29. The number of imide groups is 1. The standard InChI is InChI=1S/C13H13NO3/c1-3-9(4-2)17-14-12(15)10-7-5-6-8-11(10)13(14)16/h3,5-8H,4H2,1-2H3. The zero-order valence-electron chi connectivity index (χ0n) is 9.77. The van der Waals surface area contributed by atoms with Crippen LogP contribution in [0.1, 0.15) is 41.0 Å². The van der Waals surface area contributed by atoms with E-state index >= 15 is 0 Å². The van der Waals surface area contributed by atoms with Crippen LogP contribution in [0.2, 0.25) is 0 Å². The molecule has 0 radical (unpaired) electrons. The van der Waals surface area contributed by atoms with Crippen LogP contribution >= 0.6 is 0 Å². The van der Waals surface area contributed by atoms with E-state index in [0.717, 1.165) is 5.06 Å². The van der Waals surface area contributed by atoms with E-state index in [1.54, 1.807) is 37.3 Å². The van der Waals surface area contributed by atoms with Crippen molar-refractivity contribution in [1.82, 2.24) is 5.06 Å². The molecule has 0 atom stereocenters. The minimum Gasteiger partial charge on any atom is -0.373 e. The molecule has 4 nitrogen and oxygen atoms in total. The van der Waals surface area contributed by atoms with Gasteiger partial charge < -0.3 is 4.84 Å². The molecule has 0 saturated carbocycles. The first-order chi connectivity index (χ1) is 8.19.